The molecule has 0 aromatic carbocycles. The molecule has 3 N–H and O–H groups in total. The minimum absolute atomic E-state index is 0.162. The third-order valence-electron chi connectivity index (χ3n) is 6.98. The van der Waals surface area contributed by atoms with Gasteiger partial charge in [-0.3, -0.25) is 4.79 Å². The average Bonchev–Trinajstić information content (AvgIpc) is 3.46. The van der Waals surface area contributed by atoms with Crippen molar-refractivity contribution in [2.45, 2.75) is 82.9 Å². The van der Waals surface area contributed by atoms with E-state index in [0.717, 1.165) is 44.3 Å². The molecule has 5 rings (SSSR count). The third-order valence-corrected chi connectivity index (χ3v) is 7.42. The van der Waals surface area contributed by atoms with Crippen molar-refractivity contribution in [3.05, 3.63) is 34.3 Å². The van der Waals surface area contributed by atoms with Crippen molar-refractivity contribution >= 4 is 39.6 Å². The molecule has 0 unspecified atom stereocenters. The number of hydrogen-bond acceptors (Lipinski definition) is 6. The standard InChI is InChI=1S/C25H33BrN6O3/c1-24(2,3)35-23(34)28-16-11-25(12-16)9-15(10-25)27-20-17(7-8-18(26)29-20)22(33)31-19-13-32(4)21(30-19)14-5-6-14/h7-8,13-16H,5-6,9-12H2,1-4H3,(H,27,29)(H,28,34)(H,31,33). The maximum atomic E-state index is 13.1. The smallest absolute Gasteiger partial charge is 0.407 e. The zero-order chi connectivity index (χ0) is 25.0. The summed E-state index contributed by atoms with van der Waals surface area (Å²) in [4.78, 5) is 34.2. The van der Waals surface area contributed by atoms with E-state index in [9.17, 15) is 9.59 Å². The number of pyridine rings is 1. The molecule has 2 heterocycles. The van der Waals surface area contributed by atoms with Gasteiger partial charge in [-0.15, -0.1) is 0 Å². The van der Waals surface area contributed by atoms with E-state index in [-0.39, 0.29) is 29.5 Å². The number of nitrogens with one attached hydrogen (secondary N) is 3. The number of rotatable bonds is 6. The van der Waals surface area contributed by atoms with Gasteiger partial charge in [-0.05, 0) is 92.8 Å². The molecule has 0 bridgehead atoms. The van der Waals surface area contributed by atoms with Gasteiger partial charge in [0.2, 0.25) is 0 Å². The summed E-state index contributed by atoms with van der Waals surface area (Å²) in [6, 6.07) is 3.95. The van der Waals surface area contributed by atoms with Gasteiger partial charge in [0.05, 0.1) is 5.56 Å². The van der Waals surface area contributed by atoms with E-state index in [2.05, 4.69) is 41.8 Å². The lowest BCUT2D eigenvalue weighted by molar-refractivity contribution is -0.0179. The summed E-state index contributed by atoms with van der Waals surface area (Å²) in [5.74, 6) is 2.43. The SMILES string of the molecule is Cn1cc(NC(=O)c2ccc(Br)nc2NC2CC3(CC(NC(=O)OC(C)(C)C)C3)C2)nc1C1CC1. The summed E-state index contributed by atoms with van der Waals surface area (Å²) in [6.07, 6.45) is 7.70. The fourth-order valence-electron chi connectivity index (χ4n) is 5.35. The van der Waals surface area contributed by atoms with Crippen molar-refractivity contribution in [3.8, 4) is 0 Å². The zero-order valence-electron chi connectivity index (χ0n) is 20.7. The summed E-state index contributed by atoms with van der Waals surface area (Å²) < 4.78 is 8.02. The van der Waals surface area contributed by atoms with E-state index in [1.165, 1.54) is 0 Å². The first-order chi connectivity index (χ1) is 16.5. The second-order valence-electron chi connectivity index (χ2n) is 11.4. The normalized spacial score (nSPS) is 25.4. The summed E-state index contributed by atoms with van der Waals surface area (Å²) in [5, 5.41) is 9.37. The van der Waals surface area contributed by atoms with E-state index in [1.54, 1.807) is 12.1 Å². The molecule has 3 fully saturated rings. The maximum Gasteiger partial charge on any atom is 0.407 e. The van der Waals surface area contributed by atoms with E-state index in [1.807, 2.05) is 38.6 Å². The predicted octanol–water partition coefficient (Wildman–Crippen LogP) is 4.96. The van der Waals surface area contributed by atoms with Crippen molar-refractivity contribution in [2.24, 2.45) is 12.5 Å². The Bertz CT molecular complexity index is 1140. The van der Waals surface area contributed by atoms with Gasteiger partial charge in [-0.1, -0.05) is 0 Å². The minimum Gasteiger partial charge on any atom is -0.444 e. The molecule has 2 aromatic heterocycles. The Balaban J connectivity index is 1.16. The number of carbonyl (C=O) groups is 2. The van der Waals surface area contributed by atoms with Crippen LogP contribution in [-0.2, 0) is 11.8 Å². The van der Waals surface area contributed by atoms with Gasteiger partial charge in [0.15, 0.2) is 5.82 Å². The summed E-state index contributed by atoms with van der Waals surface area (Å²) in [6.45, 7) is 5.59. The highest BCUT2D eigenvalue weighted by Gasteiger charge is 2.53. The zero-order valence-corrected chi connectivity index (χ0v) is 22.2. The van der Waals surface area contributed by atoms with Gasteiger partial charge in [0.25, 0.3) is 5.91 Å². The van der Waals surface area contributed by atoms with Crippen molar-refractivity contribution < 1.29 is 14.3 Å². The van der Waals surface area contributed by atoms with Gasteiger partial charge in [0.1, 0.15) is 21.8 Å². The van der Waals surface area contributed by atoms with Crippen LogP contribution in [0.3, 0.4) is 0 Å². The molecule has 10 heteroatoms. The molecule has 9 nitrogen and oxygen atoms in total. The molecule has 1 spiro atoms. The molecule has 0 radical (unpaired) electrons. The average molecular weight is 545 g/mol. The Hall–Kier alpha value is -2.62. The van der Waals surface area contributed by atoms with Crippen LogP contribution >= 0.6 is 15.9 Å². The largest absolute Gasteiger partial charge is 0.444 e. The Morgan fingerprint density at radius 2 is 1.80 bits per heavy atom. The summed E-state index contributed by atoms with van der Waals surface area (Å²) in [5.41, 5.74) is 0.248. The highest BCUT2D eigenvalue weighted by Crippen LogP contribution is 2.56. The van der Waals surface area contributed by atoms with E-state index >= 15 is 0 Å². The van der Waals surface area contributed by atoms with Crippen molar-refractivity contribution in [1.29, 1.82) is 0 Å². The first kappa shape index (κ1) is 24.1. The Labute approximate surface area is 213 Å². The van der Waals surface area contributed by atoms with Gasteiger partial charge in [-0.2, -0.15) is 0 Å². The fraction of sp³-hybridized carbons (Fsp3) is 0.600. The summed E-state index contributed by atoms with van der Waals surface area (Å²) in [7, 11) is 1.96. The first-order valence-corrected chi connectivity index (χ1v) is 13.1. The van der Waals surface area contributed by atoms with Crippen LogP contribution < -0.4 is 16.0 Å². The lowest BCUT2D eigenvalue weighted by atomic mass is 9.52. The number of aryl methyl sites for hydroxylation is 1. The third kappa shape index (κ3) is 5.47. The van der Waals surface area contributed by atoms with Crippen LogP contribution in [0.25, 0.3) is 0 Å². The highest BCUT2D eigenvalue weighted by atomic mass is 79.9. The molecule has 35 heavy (non-hydrogen) atoms. The van der Waals surface area contributed by atoms with Gasteiger partial charge < -0.3 is 25.3 Å². The molecule has 0 saturated heterocycles. The quantitative estimate of drug-likeness (QED) is 0.443. The molecule has 2 aromatic rings. The number of nitrogens with zero attached hydrogens (tertiary/aromatic N) is 3. The van der Waals surface area contributed by atoms with Crippen LogP contribution in [0.2, 0.25) is 0 Å². The Morgan fingerprint density at radius 3 is 2.46 bits per heavy atom. The number of aromatic nitrogens is 3. The van der Waals surface area contributed by atoms with Crippen LogP contribution in [0.5, 0.6) is 0 Å². The predicted molar refractivity (Wildman–Crippen MR) is 137 cm³/mol. The van der Waals surface area contributed by atoms with Gasteiger partial charge in [0, 0.05) is 31.2 Å². The van der Waals surface area contributed by atoms with Crippen LogP contribution in [0.15, 0.2) is 22.9 Å². The second-order valence-corrected chi connectivity index (χ2v) is 12.2. The number of alkyl carbamates (subject to hydrolysis) is 1. The number of halogens is 1. The monoisotopic (exact) mass is 544 g/mol. The second kappa shape index (κ2) is 8.80. The first-order valence-electron chi connectivity index (χ1n) is 12.3. The molecular formula is C25H33BrN6O3. The van der Waals surface area contributed by atoms with Crippen molar-refractivity contribution in [3.63, 3.8) is 0 Å². The molecule has 2 amide bonds. The number of imidazole rings is 1. The number of ether oxygens (including phenoxy) is 1. The van der Waals surface area contributed by atoms with Crippen molar-refractivity contribution in [2.75, 3.05) is 10.6 Å². The van der Waals surface area contributed by atoms with E-state index in [4.69, 9.17) is 4.74 Å². The van der Waals surface area contributed by atoms with E-state index < -0.39 is 5.60 Å². The number of hydrogen-bond donors (Lipinski definition) is 3. The van der Waals surface area contributed by atoms with Gasteiger partial charge >= 0.3 is 6.09 Å². The molecule has 0 aliphatic heterocycles. The van der Waals surface area contributed by atoms with Crippen LogP contribution in [0.4, 0.5) is 16.4 Å². The molecule has 3 aliphatic carbocycles. The van der Waals surface area contributed by atoms with Crippen LogP contribution in [0, 0.1) is 5.41 Å². The number of carbonyl (C=O) groups excluding carboxylic acids is 2. The lowest BCUT2D eigenvalue weighted by Gasteiger charge is -2.57. The highest BCUT2D eigenvalue weighted by molar-refractivity contribution is 9.10. The molecule has 3 aliphatic rings. The molecule has 188 valence electrons. The van der Waals surface area contributed by atoms with Crippen LogP contribution in [-0.4, -0.2) is 44.2 Å². The van der Waals surface area contributed by atoms with Crippen LogP contribution in [0.1, 0.15) is 81.4 Å². The topological polar surface area (TPSA) is 110 Å². The summed E-state index contributed by atoms with van der Waals surface area (Å²) >= 11 is 3.43. The van der Waals surface area contributed by atoms with Gasteiger partial charge in [-0.25, -0.2) is 14.8 Å². The minimum atomic E-state index is -0.492. The van der Waals surface area contributed by atoms with Crippen molar-refractivity contribution in [1.82, 2.24) is 19.9 Å². The lowest BCUT2D eigenvalue weighted by Crippen LogP contribution is -2.59. The Kier molecular flexibility index (Phi) is 6.05. The Morgan fingerprint density at radius 1 is 1.11 bits per heavy atom. The van der Waals surface area contributed by atoms with E-state index in [0.29, 0.717) is 27.7 Å². The fourth-order valence-corrected chi connectivity index (χ4v) is 5.66. The molecule has 0 atom stereocenters. The number of amides is 2. The maximum absolute atomic E-state index is 13.1. The number of anilines is 2. The molecular weight excluding hydrogens is 512 g/mol. The molecule has 3 saturated carbocycles.